The van der Waals surface area contributed by atoms with E-state index in [1.54, 1.807) is 25.3 Å². The van der Waals surface area contributed by atoms with Gasteiger partial charge in [0.25, 0.3) is 0 Å². The number of aliphatic carboxylic acids is 1. The van der Waals surface area contributed by atoms with Gasteiger partial charge in [0.2, 0.25) is 5.91 Å². The average molecular weight is 368 g/mol. The molecule has 1 aliphatic carbocycles. The van der Waals surface area contributed by atoms with Gasteiger partial charge in [-0.05, 0) is 43.7 Å². The topological polar surface area (TPSA) is 75.6 Å². The summed E-state index contributed by atoms with van der Waals surface area (Å²) in [5.74, 6) is -0.132. The fourth-order valence-corrected chi connectivity index (χ4v) is 3.79. The summed E-state index contributed by atoms with van der Waals surface area (Å²) in [4.78, 5) is 24.0. The van der Waals surface area contributed by atoms with Crippen LogP contribution in [0, 0.1) is 11.3 Å². The van der Waals surface area contributed by atoms with E-state index in [1.807, 2.05) is 13.8 Å². The second-order valence-corrected chi connectivity index (χ2v) is 7.53. The molecule has 2 rings (SSSR count). The molecule has 138 valence electrons. The molecule has 2 N–H and O–H groups in total. The molecule has 0 spiro atoms. The highest BCUT2D eigenvalue weighted by Gasteiger charge is 2.44. The molecule has 0 heterocycles. The third-order valence-corrected chi connectivity index (χ3v) is 5.61. The number of ether oxygens (including phenoxy) is 1. The summed E-state index contributed by atoms with van der Waals surface area (Å²) in [5, 5.41) is 13.2. The molecule has 1 saturated carbocycles. The molecule has 1 fully saturated rings. The molecule has 1 aliphatic rings. The molecule has 0 atom stereocenters. The van der Waals surface area contributed by atoms with Gasteiger partial charge < -0.3 is 15.2 Å². The first-order valence-electron chi connectivity index (χ1n) is 8.63. The fourth-order valence-electron chi connectivity index (χ4n) is 3.63. The summed E-state index contributed by atoms with van der Waals surface area (Å²) in [5.41, 5.74) is 0.114. The van der Waals surface area contributed by atoms with E-state index in [0.717, 1.165) is 5.56 Å². The smallest absolute Gasteiger partial charge is 0.309 e. The Labute approximate surface area is 153 Å². The van der Waals surface area contributed by atoms with Gasteiger partial charge >= 0.3 is 5.97 Å². The van der Waals surface area contributed by atoms with Crippen LogP contribution in [0.25, 0.3) is 0 Å². The lowest BCUT2D eigenvalue weighted by atomic mass is 9.66. The van der Waals surface area contributed by atoms with Crippen LogP contribution in [0.3, 0.4) is 0 Å². The molecule has 0 radical (unpaired) electrons. The van der Waals surface area contributed by atoms with Crippen molar-refractivity contribution < 1.29 is 19.4 Å². The third-order valence-electron chi connectivity index (χ3n) is 5.37. The van der Waals surface area contributed by atoms with Crippen LogP contribution in [-0.4, -0.2) is 30.1 Å². The van der Waals surface area contributed by atoms with Gasteiger partial charge in [0.15, 0.2) is 0 Å². The second-order valence-electron chi connectivity index (χ2n) is 7.09. The molecule has 0 aliphatic heterocycles. The molecule has 0 bridgehead atoms. The number of carboxylic acids is 1. The normalized spacial score (nSPS) is 23.3. The Balaban J connectivity index is 1.94. The number of benzene rings is 1. The maximum absolute atomic E-state index is 12.3. The number of carbonyl (C=O) groups is 2. The number of rotatable bonds is 6. The zero-order valence-corrected chi connectivity index (χ0v) is 15.7. The van der Waals surface area contributed by atoms with Crippen LogP contribution in [0.15, 0.2) is 18.2 Å². The molecule has 6 heteroatoms. The van der Waals surface area contributed by atoms with Gasteiger partial charge in [-0.15, -0.1) is 0 Å². The Bertz CT molecular complexity index is 636. The molecular weight excluding hydrogens is 342 g/mol. The van der Waals surface area contributed by atoms with Gasteiger partial charge in [0, 0.05) is 16.6 Å². The third kappa shape index (κ3) is 4.46. The molecule has 0 aromatic heterocycles. The summed E-state index contributed by atoms with van der Waals surface area (Å²) in [6.45, 7) is 3.92. The number of carboxylic acid groups (broad SMARTS) is 1. The van der Waals surface area contributed by atoms with Gasteiger partial charge in [-0.1, -0.05) is 31.5 Å². The quantitative estimate of drug-likeness (QED) is 0.804. The zero-order chi connectivity index (χ0) is 18.6. The van der Waals surface area contributed by atoms with E-state index in [1.165, 1.54) is 0 Å². The molecule has 0 unspecified atom stereocenters. The highest BCUT2D eigenvalue weighted by Crippen LogP contribution is 2.42. The van der Waals surface area contributed by atoms with Crippen molar-refractivity contribution in [2.24, 2.45) is 11.3 Å². The Morgan fingerprint density at radius 2 is 2.00 bits per heavy atom. The van der Waals surface area contributed by atoms with Crippen LogP contribution in [-0.2, 0) is 16.0 Å². The number of carbonyl (C=O) groups excluding carboxylic acids is 1. The van der Waals surface area contributed by atoms with Crippen molar-refractivity contribution >= 4 is 23.5 Å². The first kappa shape index (κ1) is 19.6. The minimum absolute atomic E-state index is 0.0250. The monoisotopic (exact) mass is 367 g/mol. The van der Waals surface area contributed by atoms with Gasteiger partial charge in [-0.2, -0.15) is 0 Å². The Morgan fingerprint density at radius 1 is 1.36 bits per heavy atom. The van der Waals surface area contributed by atoms with E-state index in [4.69, 9.17) is 16.3 Å². The molecule has 1 aromatic rings. The minimum atomic E-state index is -0.724. The van der Waals surface area contributed by atoms with Crippen molar-refractivity contribution in [3.63, 3.8) is 0 Å². The number of methoxy groups -OCH3 is 1. The number of amides is 1. The van der Waals surface area contributed by atoms with Gasteiger partial charge in [-0.25, -0.2) is 0 Å². The molecule has 0 saturated heterocycles. The van der Waals surface area contributed by atoms with E-state index in [-0.39, 0.29) is 24.3 Å². The SMILES string of the molecule is COc1cc(Cl)ccc1CC(=O)NC1CCC(C(=O)O)(C(C)C)CC1. The Morgan fingerprint density at radius 3 is 2.52 bits per heavy atom. The standard InChI is InChI=1S/C19H26ClNO4/c1-12(2)19(18(23)24)8-6-15(7-9-19)21-17(22)10-13-4-5-14(20)11-16(13)25-3/h4-5,11-12,15H,6-10H2,1-3H3,(H,21,22)(H,23,24). The van der Waals surface area contributed by atoms with E-state index in [9.17, 15) is 14.7 Å². The summed E-state index contributed by atoms with van der Waals surface area (Å²) < 4.78 is 5.27. The van der Waals surface area contributed by atoms with Crippen LogP contribution in [0.2, 0.25) is 5.02 Å². The van der Waals surface area contributed by atoms with Crippen molar-refractivity contribution in [1.82, 2.24) is 5.32 Å². The number of hydrogen-bond donors (Lipinski definition) is 2. The largest absolute Gasteiger partial charge is 0.496 e. The lowest BCUT2D eigenvalue weighted by Crippen LogP contribution is -2.46. The summed E-state index contributed by atoms with van der Waals surface area (Å²) >= 11 is 5.94. The summed E-state index contributed by atoms with van der Waals surface area (Å²) in [6, 6.07) is 5.23. The minimum Gasteiger partial charge on any atom is -0.496 e. The van der Waals surface area contributed by atoms with Gasteiger partial charge in [-0.3, -0.25) is 9.59 Å². The van der Waals surface area contributed by atoms with Crippen LogP contribution >= 0.6 is 11.6 Å². The zero-order valence-electron chi connectivity index (χ0n) is 15.0. The lowest BCUT2D eigenvalue weighted by Gasteiger charge is -2.40. The number of nitrogens with one attached hydrogen (secondary N) is 1. The second kappa shape index (κ2) is 8.09. The molecule has 1 amide bonds. The predicted molar refractivity (Wildman–Crippen MR) is 97.0 cm³/mol. The average Bonchev–Trinajstić information content (AvgIpc) is 2.56. The number of hydrogen-bond acceptors (Lipinski definition) is 3. The van der Waals surface area contributed by atoms with E-state index >= 15 is 0 Å². The van der Waals surface area contributed by atoms with Crippen molar-refractivity contribution in [2.45, 2.75) is 52.0 Å². The van der Waals surface area contributed by atoms with Crippen LogP contribution in [0.4, 0.5) is 0 Å². The van der Waals surface area contributed by atoms with Gasteiger partial charge in [0.05, 0.1) is 18.9 Å². The fraction of sp³-hybridized carbons (Fsp3) is 0.579. The van der Waals surface area contributed by atoms with Crippen molar-refractivity contribution in [3.05, 3.63) is 28.8 Å². The Hall–Kier alpha value is -1.75. The Kier molecular flexibility index (Phi) is 6.33. The van der Waals surface area contributed by atoms with Gasteiger partial charge in [0.1, 0.15) is 5.75 Å². The first-order valence-corrected chi connectivity index (χ1v) is 9.01. The molecule has 1 aromatic carbocycles. The number of halogens is 1. The van der Waals surface area contributed by atoms with Crippen molar-refractivity contribution in [1.29, 1.82) is 0 Å². The highest BCUT2D eigenvalue weighted by molar-refractivity contribution is 6.30. The van der Waals surface area contributed by atoms with E-state index in [0.29, 0.717) is 36.5 Å². The van der Waals surface area contributed by atoms with Crippen LogP contribution in [0.5, 0.6) is 5.75 Å². The van der Waals surface area contributed by atoms with E-state index in [2.05, 4.69) is 5.32 Å². The molecular formula is C19H26ClNO4. The van der Waals surface area contributed by atoms with Crippen molar-refractivity contribution in [2.75, 3.05) is 7.11 Å². The first-order chi connectivity index (χ1) is 11.8. The van der Waals surface area contributed by atoms with Crippen LogP contribution in [0.1, 0.15) is 45.1 Å². The van der Waals surface area contributed by atoms with Crippen LogP contribution < -0.4 is 10.1 Å². The summed E-state index contributed by atoms with van der Waals surface area (Å²) in [6.07, 6.45) is 2.78. The maximum atomic E-state index is 12.3. The molecule has 25 heavy (non-hydrogen) atoms. The molecule has 5 nitrogen and oxygen atoms in total. The predicted octanol–water partition coefficient (Wildman–Crippen LogP) is 3.68. The lowest BCUT2D eigenvalue weighted by molar-refractivity contribution is -0.154. The maximum Gasteiger partial charge on any atom is 0.309 e. The van der Waals surface area contributed by atoms with Crippen molar-refractivity contribution in [3.8, 4) is 5.75 Å². The van der Waals surface area contributed by atoms with E-state index < -0.39 is 11.4 Å². The highest BCUT2D eigenvalue weighted by atomic mass is 35.5. The summed E-state index contributed by atoms with van der Waals surface area (Å²) in [7, 11) is 1.55.